The zero-order valence-corrected chi connectivity index (χ0v) is 15.2. The van der Waals surface area contributed by atoms with Gasteiger partial charge in [0.1, 0.15) is 18.0 Å². The van der Waals surface area contributed by atoms with Gasteiger partial charge in [0.2, 0.25) is 0 Å². The molecule has 3 aliphatic rings. The summed E-state index contributed by atoms with van der Waals surface area (Å²) in [7, 11) is 0. The molecule has 1 spiro atoms. The summed E-state index contributed by atoms with van der Waals surface area (Å²) >= 11 is 0. The molecule has 0 amide bonds. The fourth-order valence-electron chi connectivity index (χ4n) is 4.29. The number of anilines is 2. The maximum atomic E-state index is 12.6. The Hall–Kier alpha value is -2.54. The Morgan fingerprint density at radius 2 is 2.07 bits per heavy atom. The highest BCUT2D eigenvalue weighted by molar-refractivity contribution is 5.77. The van der Waals surface area contributed by atoms with E-state index in [2.05, 4.69) is 10.3 Å². The summed E-state index contributed by atoms with van der Waals surface area (Å²) in [5.74, 6) is 2.30. The number of fused-ring (bicyclic) bond motifs is 2. The second-order valence-corrected chi connectivity index (χ2v) is 7.87. The van der Waals surface area contributed by atoms with Crippen molar-refractivity contribution in [2.24, 2.45) is 11.1 Å². The van der Waals surface area contributed by atoms with Gasteiger partial charge in [-0.05, 0) is 56.1 Å². The average Bonchev–Trinajstić information content (AvgIpc) is 3.44. The summed E-state index contributed by atoms with van der Waals surface area (Å²) in [6, 6.07) is 5.79. The number of benzene rings is 1. The lowest BCUT2D eigenvalue weighted by Gasteiger charge is -2.30. The van der Waals surface area contributed by atoms with Crippen molar-refractivity contribution in [3.05, 3.63) is 34.9 Å². The monoisotopic (exact) mass is 368 g/mol. The third-order valence-corrected chi connectivity index (χ3v) is 6.11. The van der Waals surface area contributed by atoms with Gasteiger partial charge in [-0.1, -0.05) is 6.07 Å². The minimum absolute atomic E-state index is 0.214. The van der Waals surface area contributed by atoms with Crippen LogP contribution in [0.15, 0.2) is 29.2 Å². The van der Waals surface area contributed by atoms with E-state index >= 15 is 0 Å². The van der Waals surface area contributed by atoms with Gasteiger partial charge in [-0.15, -0.1) is 0 Å². The Balaban J connectivity index is 1.42. The Kier molecular flexibility index (Phi) is 3.86. The molecule has 0 saturated heterocycles. The van der Waals surface area contributed by atoms with Crippen molar-refractivity contribution in [3.63, 3.8) is 0 Å². The van der Waals surface area contributed by atoms with Crippen LogP contribution >= 0.6 is 0 Å². The number of rotatable bonds is 4. The molecule has 2 aromatic rings. The van der Waals surface area contributed by atoms with E-state index in [4.69, 9.17) is 15.2 Å². The molecular formula is C20H24N4O3. The Morgan fingerprint density at radius 1 is 1.26 bits per heavy atom. The van der Waals surface area contributed by atoms with E-state index in [9.17, 15) is 4.79 Å². The molecule has 0 radical (unpaired) electrons. The lowest BCUT2D eigenvalue weighted by atomic mass is 9.83. The number of ether oxygens (including phenoxy) is 2. The number of nitrogens with two attached hydrogens (primary N) is 1. The first-order valence-corrected chi connectivity index (χ1v) is 9.71. The molecule has 5 rings (SSSR count). The molecule has 2 aliphatic carbocycles. The lowest BCUT2D eigenvalue weighted by molar-refractivity contribution is 0.251. The first kappa shape index (κ1) is 16.6. The van der Waals surface area contributed by atoms with Crippen molar-refractivity contribution in [1.29, 1.82) is 0 Å². The van der Waals surface area contributed by atoms with Crippen LogP contribution in [0.3, 0.4) is 0 Å². The number of hydrogen-bond donors (Lipinski definition) is 2. The van der Waals surface area contributed by atoms with E-state index in [0.29, 0.717) is 47.3 Å². The van der Waals surface area contributed by atoms with Gasteiger partial charge in [-0.2, -0.15) is 4.98 Å². The fraction of sp³-hybridized carbons (Fsp3) is 0.500. The summed E-state index contributed by atoms with van der Waals surface area (Å²) in [4.78, 5) is 16.9. The number of aromatic nitrogens is 2. The second-order valence-electron chi connectivity index (χ2n) is 7.87. The molecular weight excluding hydrogens is 344 g/mol. The van der Waals surface area contributed by atoms with Crippen LogP contribution in [0, 0.1) is 5.41 Å². The smallest absolute Gasteiger partial charge is 0.350 e. The zero-order valence-electron chi connectivity index (χ0n) is 15.2. The molecule has 1 aliphatic heterocycles. The van der Waals surface area contributed by atoms with Crippen molar-refractivity contribution >= 4 is 11.5 Å². The highest BCUT2D eigenvalue weighted by Crippen LogP contribution is 2.57. The molecule has 3 N–H and O–H groups in total. The summed E-state index contributed by atoms with van der Waals surface area (Å²) < 4.78 is 13.5. The van der Waals surface area contributed by atoms with Gasteiger partial charge in [0.25, 0.3) is 0 Å². The first-order chi connectivity index (χ1) is 13.2. The third kappa shape index (κ3) is 2.96. The zero-order chi connectivity index (χ0) is 18.4. The van der Waals surface area contributed by atoms with E-state index in [-0.39, 0.29) is 11.7 Å². The third-order valence-electron chi connectivity index (χ3n) is 6.11. The number of nitrogens with zero attached hydrogens (tertiary/aromatic N) is 2. The highest BCUT2D eigenvalue weighted by Gasteiger charge is 2.45. The van der Waals surface area contributed by atoms with Gasteiger partial charge >= 0.3 is 5.69 Å². The van der Waals surface area contributed by atoms with Crippen LogP contribution in [0.2, 0.25) is 0 Å². The molecule has 7 heteroatoms. The molecule has 2 fully saturated rings. The Bertz CT molecular complexity index is 925. The summed E-state index contributed by atoms with van der Waals surface area (Å²) in [6.45, 7) is 0.829. The predicted octanol–water partition coefficient (Wildman–Crippen LogP) is 3.33. The minimum atomic E-state index is -0.231. The molecule has 27 heavy (non-hydrogen) atoms. The normalized spacial score (nSPS) is 19.6. The molecule has 2 heterocycles. The molecule has 1 aromatic carbocycles. The van der Waals surface area contributed by atoms with E-state index < -0.39 is 0 Å². The summed E-state index contributed by atoms with van der Waals surface area (Å²) in [6.07, 6.45) is 9.04. The number of nitrogens with one attached hydrogen (secondary N) is 1. The van der Waals surface area contributed by atoms with Crippen LogP contribution in [0.1, 0.15) is 44.6 Å². The van der Waals surface area contributed by atoms with E-state index in [0.717, 1.165) is 12.8 Å². The Labute approximate surface area is 157 Å². The first-order valence-electron chi connectivity index (χ1n) is 9.71. The van der Waals surface area contributed by atoms with Gasteiger partial charge in [0.15, 0.2) is 17.3 Å². The van der Waals surface area contributed by atoms with Crippen LogP contribution in [0.4, 0.5) is 11.5 Å². The molecule has 7 nitrogen and oxygen atoms in total. The summed E-state index contributed by atoms with van der Waals surface area (Å²) in [5, 5.41) is 3.20. The van der Waals surface area contributed by atoms with E-state index in [1.54, 1.807) is 4.57 Å². The molecule has 0 atom stereocenters. The topological polar surface area (TPSA) is 91.4 Å². The van der Waals surface area contributed by atoms with Crippen LogP contribution < -0.4 is 26.2 Å². The van der Waals surface area contributed by atoms with Crippen molar-refractivity contribution in [1.82, 2.24) is 9.55 Å². The van der Waals surface area contributed by atoms with Crippen molar-refractivity contribution in [3.8, 4) is 17.2 Å². The lowest BCUT2D eigenvalue weighted by Crippen LogP contribution is -2.30. The quantitative estimate of drug-likeness (QED) is 0.734. The van der Waals surface area contributed by atoms with Gasteiger partial charge in [-0.25, -0.2) is 4.79 Å². The Morgan fingerprint density at radius 3 is 2.81 bits per heavy atom. The summed E-state index contributed by atoms with van der Waals surface area (Å²) in [5.41, 5.74) is 6.57. The maximum absolute atomic E-state index is 12.6. The maximum Gasteiger partial charge on any atom is 0.350 e. The minimum Gasteiger partial charge on any atom is -0.490 e. The fourth-order valence-corrected chi connectivity index (χ4v) is 4.29. The average molecular weight is 368 g/mol. The van der Waals surface area contributed by atoms with Gasteiger partial charge in [-0.3, -0.25) is 4.57 Å². The molecule has 1 aromatic heterocycles. The van der Waals surface area contributed by atoms with E-state index in [1.165, 1.54) is 25.7 Å². The van der Waals surface area contributed by atoms with Crippen LogP contribution in [-0.2, 0) is 0 Å². The molecule has 142 valence electrons. The number of hydrogen-bond acceptors (Lipinski definition) is 6. The van der Waals surface area contributed by atoms with Crippen LogP contribution in [-0.4, -0.2) is 22.7 Å². The predicted molar refractivity (Wildman–Crippen MR) is 102 cm³/mol. The van der Waals surface area contributed by atoms with Crippen molar-refractivity contribution in [2.75, 3.05) is 18.5 Å². The van der Waals surface area contributed by atoms with Gasteiger partial charge in [0.05, 0.1) is 6.20 Å². The van der Waals surface area contributed by atoms with Gasteiger partial charge in [0, 0.05) is 12.6 Å². The van der Waals surface area contributed by atoms with Crippen LogP contribution in [0.5, 0.6) is 17.2 Å². The molecule has 0 bridgehead atoms. The highest BCUT2D eigenvalue weighted by atomic mass is 16.5. The van der Waals surface area contributed by atoms with Crippen LogP contribution in [0.25, 0.3) is 0 Å². The standard InChI is InChI=1S/C20H24N4O3/c21-10-11-26-14-2-1-3-15-17(14)22-18-16(27-15)12-24(19(25)23-18)13-4-6-20(7-5-13)8-9-20/h1-3,12-13H,4-11,21H2,(H,22,23,25). The SMILES string of the molecule is NCCOc1cccc2c1Nc1nc(=O)n(C3CCC4(CC3)CC4)cc1O2. The molecule has 2 saturated carbocycles. The van der Waals surface area contributed by atoms with Gasteiger partial charge < -0.3 is 20.5 Å². The largest absolute Gasteiger partial charge is 0.490 e. The van der Waals surface area contributed by atoms with Crippen molar-refractivity contribution < 1.29 is 9.47 Å². The van der Waals surface area contributed by atoms with Crippen molar-refractivity contribution in [2.45, 2.75) is 44.6 Å². The molecule has 0 unspecified atom stereocenters. The van der Waals surface area contributed by atoms with E-state index in [1.807, 2.05) is 24.4 Å². The second kappa shape index (κ2) is 6.27. The number of para-hydroxylation sites is 1.